The lowest BCUT2D eigenvalue weighted by Gasteiger charge is -2.05. The smallest absolute Gasteiger partial charge is 0.303 e. The summed E-state index contributed by atoms with van der Waals surface area (Å²) >= 11 is 0. The zero-order valence-electron chi connectivity index (χ0n) is 13.7. The van der Waals surface area contributed by atoms with Gasteiger partial charge in [-0.3, -0.25) is 4.79 Å². The van der Waals surface area contributed by atoms with Crippen LogP contribution in [0, 0.1) is 0 Å². The number of carboxylic acid groups (broad SMARTS) is 1. The fourth-order valence-corrected chi connectivity index (χ4v) is 2.38. The Morgan fingerprint density at radius 2 is 1.57 bits per heavy atom. The van der Waals surface area contributed by atoms with Crippen molar-refractivity contribution in [1.29, 1.82) is 0 Å². The van der Waals surface area contributed by atoms with Gasteiger partial charge in [-0.15, -0.1) is 0 Å². The number of carboxylic acids is 1. The standard InChI is InChI=1S/C18H34O3/c1-2-3-4-5-6-7-8-11-14-17(19)15-12-9-10-13-16-18(20)21/h11,14,17,19H,2-10,12-13,15-16H2,1H3,(H,20,21)/t17-/m0/s1. The van der Waals surface area contributed by atoms with Crippen molar-refractivity contribution in [2.75, 3.05) is 0 Å². The van der Waals surface area contributed by atoms with Crippen molar-refractivity contribution in [3.8, 4) is 0 Å². The van der Waals surface area contributed by atoms with Crippen LogP contribution in [0.25, 0.3) is 0 Å². The maximum absolute atomic E-state index is 10.3. The van der Waals surface area contributed by atoms with E-state index in [-0.39, 0.29) is 12.5 Å². The van der Waals surface area contributed by atoms with Crippen LogP contribution in [0.15, 0.2) is 12.2 Å². The molecule has 0 aromatic heterocycles. The van der Waals surface area contributed by atoms with Crippen molar-refractivity contribution < 1.29 is 15.0 Å². The molecule has 0 spiro atoms. The van der Waals surface area contributed by atoms with Gasteiger partial charge in [-0.1, -0.05) is 70.4 Å². The number of unbranched alkanes of at least 4 members (excludes halogenated alkanes) is 9. The third-order valence-electron chi connectivity index (χ3n) is 3.72. The summed E-state index contributed by atoms with van der Waals surface area (Å²) in [6, 6.07) is 0. The first kappa shape index (κ1) is 20.2. The maximum Gasteiger partial charge on any atom is 0.303 e. The predicted octanol–water partition coefficient (Wildman–Crippen LogP) is 5.08. The monoisotopic (exact) mass is 298 g/mol. The Morgan fingerprint density at radius 1 is 0.952 bits per heavy atom. The van der Waals surface area contributed by atoms with Crippen LogP contribution >= 0.6 is 0 Å². The van der Waals surface area contributed by atoms with E-state index >= 15 is 0 Å². The van der Waals surface area contributed by atoms with Crippen LogP contribution in [0.4, 0.5) is 0 Å². The van der Waals surface area contributed by atoms with Crippen LogP contribution in [0.3, 0.4) is 0 Å². The lowest BCUT2D eigenvalue weighted by molar-refractivity contribution is -0.137. The van der Waals surface area contributed by atoms with Crippen LogP contribution in [-0.2, 0) is 4.79 Å². The number of hydrogen-bond donors (Lipinski definition) is 2. The van der Waals surface area contributed by atoms with Crippen molar-refractivity contribution in [2.45, 2.75) is 96.5 Å². The summed E-state index contributed by atoms with van der Waals surface area (Å²) in [7, 11) is 0. The number of allylic oxidation sites excluding steroid dienone is 1. The summed E-state index contributed by atoms with van der Waals surface area (Å²) in [6.45, 7) is 2.23. The second-order valence-electron chi connectivity index (χ2n) is 5.90. The Morgan fingerprint density at radius 3 is 2.29 bits per heavy atom. The molecule has 0 amide bonds. The van der Waals surface area contributed by atoms with Gasteiger partial charge in [0.05, 0.1) is 6.10 Å². The van der Waals surface area contributed by atoms with Gasteiger partial charge in [-0.05, 0) is 25.7 Å². The molecule has 0 radical (unpaired) electrons. The third kappa shape index (κ3) is 17.1. The molecule has 0 aliphatic carbocycles. The number of aliphatic hydroxyl groups is 1. The molecule has 1 atom stereocenters. The maximum atomic E-state index is 10.3. The Kier molecular flexibility index (Phi) is 14.9. The molecule has 3 nitrogen and oxygen atoms in total. The summed E-state index contributed by atoms with van der Waals surface area (Å²) < 4.78 is 0. The average molecular weight is 298 g/mol. The normalized spacial score (nSPS) is 12.9. The molecule has 2 N–H and O–H groups in total. The molecule has 0 aliphatic rings. The summed E-state index contributed by atoms with van der Waals surface area (Å²) in [4.78, 5) is 10.3. The minimum atomic E-state index is -0.715. The Bertz CT molecular complexity index is 261. The fourth-order valence-electron chi connectivity index (χ4n) is 2.38. The van der Waals surface area contributed by atoms with Crippen LogP contribution in [0.5, 0.6) is 0 Å². The number of carbonyl (C=O) groups is 1. The molecule has 3 heteroatoms. The van der Waals surface area contributed by atoms with E-state index in [1.54, 1.807) is 0 Å². The van der Waals surface area contributed by atoms with Gasteiger partial charge in [0.1, 0.15) is 0 Å². The van der Waals surface area contributed by atoms with Gasteiger partial charge < -0.3 is 10.2 Å². The van der Waals surface area contributed by atoms with Crippen molar-refractivity contribution >= 4 is 5.97 Å². The van der Waals surface area contributed by atoms with Crippen molar-refractivity contribution in [3.63, 3.8) is 0 Å². The fraction of sp³-hybridized carbons (Fsp3) is 0.833. The molecule has 0 fully saturated rings. The molecular formula is C18H34O3. The zero-order valence-corrected chi connectivity index (χ0v) is 13.7. The molecule has 0 saturated carbocycles. The number of rotatable bonds is 15. The quantitative estimate of drug-likeness (QED) is 0.327. The van der Waals surface area contributed by atoms with E-state index in [4.69, 9.17) is 5.11 Å². The molecule has 0 rings (SSSR count). The average Bonchev–Trinajstić information content (AvgIpc) is 2.45. The van der Waals surface area contributed by atoms with Gasteiger partial charge in [0.25, 0.3) is 0 Å². The number of aliphatic carboxylic acids is 1. The first-order chi connectivity index (χ1) is 10.2. The van der Waals surface area contributed by atoms with Crippen molar-refractivity contribution in [3.05, 3.63) is 12.2 Å². The van der Waals surface area contributed by atoms with E-state index in [0.29, 0.717) is 0 Å². The van der Waals surface area contributed by atoms with Crippen LogP contribution in [0.2, 0.25) is 0 Å². The molecule has 0 aliphatic heterocycles. The molecule has 0 bridgehead atoms. The Hall–Kier alpha value is -0.830. The Balaban J connectivity index is 3.30. The summed E-state index contributed by atoms with van der Waals surface area (Å²) in [5.74, 6) is -0.715. The summed E-state index contributed by atoms with van der Waals surface area (Å²) in [5, 5.41) is 18.3. The molecule has 0 aromatic carbocycles. The van der Waals surface area contributed by atoms with Gasteiger partial charge >= 0.3 is 5.97 Å². The summed E-state index contributed by atoms with van der Waals surface area (Å²) in [6.07, 6.45) is 17.4. The lowest BCUT2D eigenvalue weighted by atomic mass is 10.1. The molecular weight excluding hydrogens is 264 g/mol. The largest absolute Gasteiger partial charge is 0.481 e. The van der Waals surface area contributed by atoms with Gasteiger partial charge in [-0.25, -0.2) is 0 Å². The highest BCUT2D eigenvalue weighted by molar-refractivity contribution is 5.66. The number of aliphatic hydroxyl groups excluding tert-OH is 1. The molecule has 0 unspecified atom stereocenters. The van der Waals surface area contributed by atoms with E-state index in [0.717, 1.165) is 38.5 Å². The zero-order chi connectivity index (χ0) is 15.8. The van der Waals surface area contributed by atoms with E-state index in [2.05, 4.69) is 13.0 Å². The predicted molar refractivity (Wildman–Crippen MR) is 88.5 cm³/mol. The highest BCUT2D eigenvalue weighted by Crippen LogP contribution is 2.10. The highest BCUT2D eigenvalue weighted by atomic mass is 16.4. The second-order valence-corrected chi connectivity index (χ2v) is 5.90. The topological polar surface area (TPSA) is 57.5 Å². The lowest BCUT2D eigenvalue weighted by Crippen LogP contribution is -2.01. The minimum absolute atomic E-state index is 0.265. The second kappa shape index (κ2) is 15.6. The number of hydrogen-bond acceptors (Lipinski definition) is 2. The van der Waals surface area contributed by atoms with Gasteiger partial charge in [0.15, 0.2) is 0 Å². The first-order valence-corrected chi connectivity index (χ1v) is 8.73. The van der Waals surface area contributed by atoms with E-state index < -0.39 is 5.97 Å². The van der Waals surface area contributed by atoms with Crippen LogP contribution < -0.4 is 0 Å². The van der Waals surface area contributed by atoms with Gasteiger partial charge in [-0.2, -0.15) is 0 Å². The molecule has 0 saturated heterocycles. The SMILES string of the molecule is CCCCCCCCC=C[C@H](O)CCCCCCC(=O)O. The van der Waals surface area contributed by atoms with E-state index in [1.165, 1.54) is 38.5 Å². The van der Waals surface area contributed by atoms with Crippen LogP contribution in [0.1, 0.15) is 90.4 Å². The molecule has 0 heterocycles. The third-order valence-corrected chi connectivity index (χ3v) is 3.72. The minimum Gasteiger partial charge on any atom is -0.481 e. The van der Waals surface area contributed by atoms with Gasteiger partial charge in [0.2, 0.25) is 0 Å². The summed E-state index contributed by atoms with van der Waals surface area (Å²) in [5.41, 5.74) is 0. The molecule has 124 valence electrons. The van der Waals surface area contributed by atoms with Crippen molar-refractivity contribution in [1.82, 2.24) is 0 Å². The molecule has 0 aromatic rings. The Labute approximate surface area is 130 Å². The van der Waals surface area contributed by atoms with E-state index in [9.17, 15) is 9.90 Å². The van der Waals surface area contributed by atoms with Crippen molar-refractivity contribution in [2.24, 2.45) is 0 Å². The van der Waals surface area contributed by atoms with E-state index in [1.807, 2.05) is 6.08 Å². The van der Waals surface area contributed by atoms with Gasteiger partial charge in [0, 0.05) is 6.42 Å². The molecule has 21 heavy (non-hydrogen) atoms. The van der Waals surface area contributed by atoms with Crippen LogP contribution in [-0.4, -0.2) is 22.3 Å². The first-order valence-electron chi connectivity index (χ1n) is 8.73. The highest BCUT2D eigenvalue weighted by Gasteiger charge is 2.00.